The van der Waals surface area contributed by atoms with Crippen LogP contribution in [0.5, 0.6) is 0 Å². The molecule has 0 aliphatic rings. The molecular weight excluding hydrogens is 430 g/mol. The molecule has 0 aliphatic carbocycles. The minimum absolute atomic E-state index is 0.0796. The van der Waals surface area contributed by atoms with Crippen LogP contribution in [0.3, 0.4) is 0 Å². The number of benzene rings is 1. The Kier molecular flexibility index (Phi) is 7.34. The smallest absolute Gasteiger partial charge is 0.250 e. The van der Waals surface area contributed by atoms with Crippen molar-refractivity contribution < 1.29 is 13.3 Å². The highest BCUT2D eigenvalue weighted by Crippen LogP contribution is 2.31. The largest absolute Gasteiger partial charge is 0.392 e. The lowest BCUT2D eigenvalue weighted by Crippen LogP contribution is -2.35. The van der Waals surface area contributed by atoms with Crippen molar-refractivity contribution in [1.82, 2.24) is 14.7 Å². The summed E-state index contributed by atoms with van der Waals surface area (Å²) in [4.78, 5) is 7.28. The SMILES string of the molecule is CCC(CC)C(NS(=O)(=O)c1ccc(Cl)s1)c1ccnn1OCc1ccccc1. The van der Waals surface area contributed by atoms with Crippen LogP contribution >= 0.6 is 22.9 Å². The van der Waals surface area contributed by atoms with E-state index in [0.717, 1.165) is 29.7 Å². The summed E-state index contributed by atoms with van der Waals surface area (Å²) < 4.78 is 29.4. The fourth-order valence-corrected chi connectivity index (χ4v) is 5.94. The van der Waals surface area contributed by atoms with Gasteiger partial charge in [-0.05, 0) is 29.7 Å². The van der Waals surface area contributed by atoms with E-state index in [2.05, 4.69) is 9.82 Å². The van der Waals surface area contributed by atoms with Gasteiger partial charge in [-0.1, -0.05) is 68.6 Å². The first-order chi connectivity index (χ1) is 13.9. The first-order valence-corrected chi connectivity index (χ1v) is 12.1. The topological polar surface area (TPSA) is 73.2 Å². The number of halogens is 1. The molecule has 0 saturated carbocycles. The van der Waals surface area contributed by atoms with Gasteiger partial charge in [0.25, 0.3) is 10.0 Å². The molecule has 9 heteroatoms. The van der Waals surface area contributed by atoms with Crippen LogP contribution in [0.4, 0.5) is 0 Å². The highest BCUT2D eigenvalue weighted by atomic mass is 35.5. The Morgan fingerprint density at radius 1 is 1.14 bits per heavy atom. The van der Waals surface area contributed by atoms with E-state index in [1.165, 1.54) is 10.9 Å². The van der Waals surface area contributed by atoms with Gasteiger partial charge in [0.05, 0.1) is 22.3 Å². The van der Waals surface area contributed by atoms with Gasteiger partial charge in [-0.15, -0.1) is 21.3 Å². The van der Waals surface area contributed by atoms with E-state index in [1.54, 1.807) is 18.3 Å². The highest BCUT2D eigenvalue weighted by Gasteiger charge is 2.30. The van der Waals surface area contributed by atoms with E-state index < -0.39 is 16.1 Å². The number of thiophene rings is 1. The maximum Gasteiger partial charge on any atom is 0.250 e. The summed E-state index contributed by atoms with van der Waals surface area (Å²) in [5.41, 5.74) is 1.67. The zero-order chi connectivity index (χ0) is 20.9. The van der Waals surface area contributed by atoms with Crippen LogP contribution in [0.25, 0.3) is 0 Å². The maximum atomic E-state index is 12.9. The molecule has 6 nitrogen and oxygen atoms in total. The first kappa shape index (κ1) is 21.8. The van der Waals surface area contributed by atoms with Crippen molar-refractivity contribution in [2.24, 2.45) is 5.92 Å². The van der Waals surface area contributed by atoms with Crippen molar-refractivity contribution in [2.75, 3.05) is 0 Å². The second-order valence-corrected chi connectivity index (χ2v) is 10.3. The van der Waals surface area contributed by atoms with Gasteiger partial charge in [0, 0.05) is 0 Å². The van der Waals surface area contributed by atoms with Crippen molar-refractivity contribution in [3.05, 3.63) is 70.3 Å². The zero-order valence-electron chi connectivity index (χ0n) is 16.3. The summed E-state index contributed by atoms with van der Waals surface area (Å²) >= 11 is 6.97. The van der Waals surface area contributed by atoms with Crippen LogP contribution in [0.15, 0.2) is 58.9 Å². The second-order valence-electron chi connectivity index (χ2n) is 6.62. The van der Waals surface area contributed by atoms with Gasteiger partial charge >= 0.3 is 0 Å². The van der Waals surface area contributed by atoms with Gasteiger partial charge in [-0.3, -0.25) is 0 Å². The molecule has 156 valence electrons. The molecule has 0 spiro atoms. The fraction of sp³-hybridized carbons (Fsp3) is 0.350. The molecular formula is C20H24ClN3O3S2. The lowest BCUT2D eigenvalue weighted by atomic mass is 9.93. The lowest BCUT2D eigenvalue weighted by Gasteiger charge is -2.26. The van der Waals surface area contributed by atoms with Gasteiger partial charge in [-0.25, -0.2) is 13.1 Å². The molecule has 2 heterocycles. The van der Waals surface area contributed by atoms with E-state index in [-0.39, 0.29) is 10.1 Å². The van der Waals surface area contributed by atoms with Gasteiger partial charge in [0.1, 0.15) is 10.8 Å². The summed E-state index contributed by atoms with van der Waals surface area (Å²) in [5.74, 6) is 0.0796. The van der Waals surface area contributed by atoms with Gasteiger partial charge in [0.2, 0.25) is 0 Å². The fourth-order valence-electron chi connectivity index (χ4n) is 3.17. The number of sulfonamides is 1. The maximum absolute atomic E-state index is 12.9. The summed E-state index contributed by atoms with van der Waals surface area (Å²) in [5, 5.41) is 4.25. The Morgan fingerprint density at radius 3 is 2.48 bits per heavy atom. The summed E-state index contributed by atoms with van der Waals surface area (Å²) in [6, 6.07) is 14.2. The third-order valence-corrected chi connectivity index (χ3v) is 7.93. The zero-order valence-corrected chi connectivity index (χ0v) is 18.7. The molecule has 1 N–H and O–H groups in total. The van der Waals surface area contributed by atoms with Crippen LogP contribution in [-0.4, -0.2) is 18.4 Å². The van der Waals surface area contributed by atoms with Gasteiger partial charge in [-0.2, -0.15) is 0 Å². The average molecular weight is 454 g/mol. The molecule has 29 heavy (non-hydrogen) atoms. The first-order valence-electron chi connectivity index (χ1n) is 9.43. The highest BCUT2D eigenvalue weighted by molar-refractivity contribution is 7.91. The quantitative estimate of drug-likeness (QED) is 0.483. The van der Waals surface area contributed by atoms with E-state index in [9.17, 15) is 8.42 Å². The van der Waals surface area contributed by atoms with Crippen LogP contribution < -0.4 is 9.56 Å². The van der Waals surface area contributed by atoms with Crippen LogP contribution in [-0.2, 0) is 16.6 Å². The molecule has 0 amide bonds. The molecule has 0 aliphatic heterocycles. The summed E-state index contributed by atoms with van der Waals surface area (Å²) in [6.07, 6.45) is 3.23. The molecule has 3 rings (SSSR count). The standard InChI is InChI=1S/C20H24ClN3O3S2/c1-3-16(4-2)20(23-29(25,26)19-11-10-18(21)28-19)17-12-13-22-24(17)27-14-15-8-6-5-7-9-15/h5-13,16,20,23H,3-4,14H2,1-2H3. The van der Waals surface area contributed by atoms with Crippen LogP contribution in [0, 0.1) is 5.92 Å². The van der Waals surface area contributed by atoms with E-state index in [1.807, 2.05) is 44.2 Å². The normalized spacial score (nSPS) is 13.0. The van der Waals surface area contributed by atoms with Crippen molar-refractivity contribution in [3.8, 4) is 0 Å². The molecule has 1 atom stereocenters. The number of nitrogens with one attached hydrogen (secondary N) is 1. The van der Waals surface area contributed by atoms with Crippen LogP contribution in [0.1, 0.15) is 44.0 Å². The Morgan fingerprint density at radius 2 is 1.86 bits per heavy atom. The molecule has 0 saturated heterocycles. The molecule has 1 aromatic carbocycles. The Bertz CT molecular complexity index is 1010. The molecule has 0 radical (unpaired) electrons. The third kappa shape index (κ3) is 5.39. The second kappa shape index (κ2) is 9.75. The Hall–Kier alpha value is -1.87. The lowest BCUT2D eigenvalue weighted by molar-refractivity contribution is 0.0582. The van der Waals surface area contributed by atoms with E-state index >= 15 is 0 Å². The van der Waals surface area contributed by atoms with Gasteiger partial charge in [0.15, 0.2) is 0 Å². The minimum Gasteiger partial charge on any atom is -0.392 e. The molecule has 2 aromatic heterocycles. The van der Waals surface area contributed by atoms with E-state index in [0.29, 0.717) is 16.6 Å². The monoisotopic (exact) mass is 453 g/mol. The van der Waals surface area contributed by atoms with Crippen molar-refractivity contribution in [1.29, 1.82) is 0 Å². The predicted octanol–water partition coefficient (Wildman–Crippen LogP) is 4.68. The number of hydrogen-bond acceptors (Lipinski definition) is 5. The average Bonchev–Trinajstić information content (AvgIpc) is 3.36. The number of aromatic nitrogens is 2. The van der Waals surface area contributed by atoms with Gasteiger partial charge < -0.3 is 4.84 Å². The van der Waals surface area contributed by atoms with Crippen molar-refractivity contribution >= 4 is 33.0 Å². The van der Waals surface area contributed by atoms with E-state index in [4.69, 9.17) is 16.4 Å². The Labute approximate surface area is 180 Å². The number of hydrogen-bond donors (Lipinski definition) is 1. The summed E-state index contributed by atoms with van der Waals surface area (Å²) in [6.45, 7) is 4.42. The predicted molar refractivity (Wildman–Crippen MR) is 115 cm³/mol. The molecule has 3 aromatic rings. The Balaban J connectivity index is 1.87. The number of rotatable bonds is 10. The molecule has 1 unspecified atom stereocenters. The summed E-state index contributed by atoms with van der Waals surface area (Å²) in [7, 11) is -3.73. The minimum atomic E-state index is -3.73. The van der Waals surface area contributed by atoms with Crippen molar-refractivity contribution in [2.45, 2.75) is 43.5 Å². The number of nitrogens with zero attached hydrogens (tertiary/aromatic N) is 2. The van der Waals surface area contributed by atoms with Crippen LogP contribution in [0.2, 0.25) is 4.34 Å². The van der Waals surface area contributed by atoms with Crippen molar-refractivity contribution in [3.63, 3.8) is 0 Å². The third-order valence-electron chi connectivity index (χ3n) is 4.77. The molecule has 0 fully saturated rings. The molecule has 0 bridgehead atoms.